The molecule has 0 aliphatic heterocycles. The Balaban J connectivity index is 3.25. The molecule has 0 atom stereocenters. The Morgan fingerprint density at radius 1 is 1.38 bits per heavy atom. The van der Waals surface area contributed by atoms with Crippen molar-refractivity contribution in [2.24, 2.45) is 0 Å². The highest BCUT2D eigenvalue weighted by Crippen LogP contribution is 2.20. The number of nitrogens with two attached hydrogens (primary N) is 1. The Bertz CT molecular complexity index is 475. The summed E-state index contributed by atoms with van der Waals surface area (Å²) in [4.78, 5) is -0.0161. The van der Waals surface area contributed by atoms with Crippen molar-refractivity contribution in [2.75, 3.05) is 5.73 Å². The molecule has 1 aromatic carbocycles. The van der Waals surface area contributed by atoms with E-state index in [-0.39, 0.29) is 22.2 Å². The number of anilines is 1. The number of nitrogens with one attached hydrogen (secondary N) is 1. The fourth-order valence-corrected chi connectivity index (χ4v) is 2.67. The van der Waals surface area contributed by atoms with E-state index in [1.807, 2.05) is 0 Å². The minimum absolute atomic E-state index is 0.0161. The van der Waals surface area contributed by atoms with Crippen molar-refractivity contribution in [3.8, 4) is 0 Å². The van der Waals surface area contributed by atoms with E-state index in [0.29, 0.717) is 0 Å². The zero-order chi connectivity index (χ0) is 12.5. The summed E-state index contributed by atoms with van der Waals surface area (Å²) in [5.74, 6) is -0.580. The lowest BCUT2D eigenvalue weighted by Crippen LogP contribution is -2.30. The first-order chi connectivity index (χ1) is 7.24. The summed E-state index contributed by atoms with van der Waals surface area (Å²) < 4.78 is 39.2. The Morgan fingerprint density at radius 3 is 2.38 bits per heavy atom. The summed E-state index contributed by atoms with van der Waals surface area (Å²) in [6.45, 7) is 4.88. The van der Waals surface area contributed by atoms with Gasteiger partial charge in [-0.3, -0.25) is 0 Å². The predicted molar refractivity (Wildman–Crippen MR) is 61.0 cm³/mol. The van der Waals surface area contributed by atoms with E-state index < -0.39 is 15.8 Å². The molecule has 0 aliphatic carbocycles. The van der Waals surface area contributed by atoms with E-state index in [2.05, 4.69) is 4.72 Å². The molecule has 3 N–H and O–H groups in total. The zero-order valence-electron chi connectivity index (χ0n) is 9.41. The maximum atomic E-state index is 13.2. The number of aryl methyl sites for hydroxylation is 1. The maximum absolute atomic E-state index is 13.2. The molecule has 0 heterocycles. The molecule has 4 nitrogen and oxygen atoms in total. The molecule has 0 spiro atoms. The third kappa shape index (κ3) is 2.70. The monoisotopic (exact) mass is 246 g/mol. The molecule has 0 bridgehead atoms. The highest BCUT2D eigenvalue weighted by Gasteiger charge is 2.18. The normalized spacial score (nSPS) is 12.1. The standard InChI is InChI=1S/C10H15FN2O2S/c1-6(2)13-16(14,15)8-4-7(3)10(11)9(12)5-8/h4-6,13H,12H2,1-3H3. The second kappa shape index (κ2) is 4.39. The van der Waals surface area contributed by atoms with Gasteiger partial charge < -0.3 is 5.73 Å². The first-order valence-electron chi connectivity index (χ1n) is 4.82. The highest BCUT2D eigenvalue weighted by atomic mass is 32.2. The average Bonchev–Trinajstić information content (AvgIpc) is 2.11. The molecule has 0 aliphatic rings. The van der Waals surface area contributed by atoms with Gasteiger partial charge >= 0.3 is 0 Å². The fourth-order valence-electron chi connectivity index (χ4n) is 1.30. The topological polar surface area (TPSA) is 72.2 Å². The van der Waals surface area contributed by atoms with Crippen LogP contribution in [0.3, 0.4) is 0 Å². The quantitative estimate of drug-likeness (QED) is 0.792. The van der Waals surface area contributed by atoms with E-state index in [4.69, 9.17) is 5.73 Å². The largest absolute Gasteiger partial charge is 0.396 e. The summed E-state index contributed by atoms with van der Waals surface area (Å²) in [6, 6.07) is 2.15. The molecule has 90 valence electrons. The van der Waals surface area contributed by atoms with Gasteiger partial charge in [0.1, 0.15) is 5.82 Å². The van der Waals surface area contributed by atoms with Gasteiger partial charge in [0.15, 0.2) is 0 Å². The molecule has 0 saturated heterocycles. The molecule has 0 unspecified atom stereocenters. The lowest BCUT2D eigenvalue weighted by molar-refractivity contribution is 0.569. The van der Waals surface area contributed by atoms with Crippen LogP contribution >= 0.6 is 0 Å². The molecule has 0 aromatic heterocycles. The first-order valence-corrected chi connectivity index (χ1v) is 6.30. The third-order valence-corrected chi connectivity index (χ3v) is 3.60. The van der Waals surface area contributed by atoms with Crippen LogP contribution in [-0.4, -0.2) is 14.5 Å². The van der Waals surface area contributed by atoms with Crippen LogP contribution in [0.1, 0.15) is 19.4 Å². The Morgan fingerprint density at radius 2 is 1.94 bits per heavy atom. The van der Waals surface area contributed by atoms with Crippen LogP contribution in [0, 0.1) is 12.7 Å². The van der Waals surface area contributed by atoms with E-state index in [1.54, 1.807) is 13.8 Å². The fraction of sp³-hybridized carbons (Fsp3) is 0.400. The summed E-state index contributed by atoms with van der Waals surface area (Å²) in [5.41, 5.74) is 5.43. The lowest BCUT2D eigenvalue weighted by atomic mass is 10.2. The van der Waals surface area contributed by atoms with Crippen LogP contribution < -0.4 is 10.5 Å². The molecule has 0 saturated carbocycles. The van der Waals surface area contributed by atoms with Crippen molar-refractivity contribution in [2.45, 2.75) is 31.7 Å². The second-order valence-electron chi connectivity index (χ2n) is 3.92. The zero-order valence-corrected chi connectivity index (χ0v) is 10.2. The van der Waals surface area contributed by atoms with Gasteiger partial charge in [-0.2, -0.15) is 0 Å². The number of rotatable bonds is 3. The van der Waals surface area contributed by atoms with Crippen LogP contribution in [0.2, 0.25) is 0 Å². The molecule has 16 heavy (non-hydrogen) atoms. The number of benzene rings is 1. The number of halogens is 1. The summed E-state index contributed by atoms with van der Waals surface area (Å²) in [7, 11) is -3.62. The minimum atomic E-state index is -3.62. The smallest absolute Gasteiger partial charge is 0.240 e. The minimum Gasteiger partial charge on any atom is -0.396 e. The second-order valence-corrected chi connectivity index (χ2v) is 5.63. The predicted octanol–water partition coefficient (Wildman–Crippen LogP) is 1.40. The summed E-state index contributed by atoms with van der Waals surface area (Å²) >= 11 is 0. The van der Waals surface area contributed by atoms with Gasteiger partial charge in [0.2, 0.25) is 10.0 Å². The molecule has 1 rings (SSSR count). The van der Waals surface area contributed by atoms with Crippen LogP contribution in [0.25, 0.3) is 0 Å². The SMILES string of the molecule is Cc1cc(S(=O)(=O)NC(C)C)cc(N)c1F. The molecule has 0 amide bonds. The lowest BCUT2D eigenvalue weighted by Gasteiger charge is -2.11. The van der Waals surface area contributed by atoms with Gasteiger partial charge in [0, 0.05) is 6.04 Å². The van der Waals surface area contributed by atoms with Crippen molar-refractivity contribution in [1.82, 2.24) is 4.72 Å². The van der Waals surface area contributed by atoms with Crippen LogP contribution in [-0.2, 0) is 10.0 Å². The first kappa shape index (κ1) is 12.9. The Labute approximate surface area is 94.7 Å². The van der Waals surface area contributed by atoms with E-state index >= 15 is 0 Å². The highest BCUT2D eigenvalue weighted by molar-refractivity contribution is 7.89. The number of sulfonamides is 1. The van der Waals surface area contributed by atoms with Crippen molar-refractivity contribution in [3.63, 3.8) is 0 Å². The van der Waals surface area contributed by atoms with Gasteiger partial charge in [-0.25, -0.2) is 17.5 Å². The van der Waals surface area contributed by atoms with Gasteiger partial charge in [-0.05, 0) is 38.5 Å². The van der Waals surface area contributed by atoms with Crippen molar-refractivity contribution in [1.29, 1.82) is 0 Å². The number of hydrogen-bond donors (Lipinski definition) is 2. The van der Waals surface area contributed by atoms with Crippen molar-refractivity contribution >= 4 is 15.7 Å². The van der Waals surface area contributed by atoms with E-state index in [9.17, 15) is 12.8 Å². The van der Waals surface area contributed by atoms with Crippen molar-refractivity contribution < 1.29 is 12.8 Å². The van der Waals surface area contributed by atoms with Crippen LogP contribution in [0.5, 0.6) is 0 Å². The summed E-state index contributed by atoms with van der Waals surface area (Å²) in [6.07, 6.45) is 0. The average molecular weight is 246 g/mol. The van der Waals surface area contributed by atoms with Crippen LogP contribution in [0.4, 0.5) is 10.1 Å². The van der Waals surface area contributed by atoms with E-state index in [1.165, 1.54) is 13.0 Å². The van der Waals surface area contributed by atoms with Gasteiger partial charge in [-0.15, -0.1) is 0 Å². The molecular weight excluding hydrogens is 231 g/mol. The van der Waals surface area contributed by atoms with Gasteiger partial charge in [0.25, 0.3) is 0 Å². The molecule has 0 fully saturated rings. The Kier molecular flexibility index (Phi) is 3.54. The third-order valence-electron chi connectivity index (χ3n) is 1.96. The van der Waals surface area contributed by atoms with Crippen LogP contribution in [0.15, 0.2) is 17.0 Å². The number of nitrogen functional groups attached to an aromatic ring is 1. The van der Waals surface area contributed by atoms with Crippen molar-refractivity contribution in [3.05, 3.63) is 23.5 Å². The molecule has 6 heteroatoms. The van der Waals surface area contributed by atoms with E-state index in [0.717, 1.165) is 6.07 Å². The summed E-state index contributed by atoms with van der Waals surface area (Å²) in [5, 5.41) is 0. The molecular formula is C10H15FN2O2S. The molecule has 0 radical (unpaired) electrons. The number of hydrogen-bond acceptors (Lipinski definition) is 3. The van der Waals surface area contributed by atoms with Gasteiger partial charge in [-0.1, -0.05) is 0 Å². The van der Waals surface area contributed by atoms with Gasteiger partial charge in [0.05, 0.1) is 10.6 Å². The maximum Gasteiger partial charge on any atom is 0.240 e. The Hall–Kier alpha value is -1.14. The molecule has 1 aromatic rings.